The highest BCUT2D eigenvalue weighted by atomic mass is 16.3. The Morgan fingerprint density at radius 2 is 2.08 bits per heavy atom. The van der Waals surface area contributed by atoms with Gasteiger partial charge in [0, 0.05) is 5.56 Å². The van der Waals surface area contributed by atoms with E-state index in [0.717, 1.165) is 5.56 Å². The molecule has 0 spiro atoms. The molecule has 3 nitrogen and oxygen atoms in total. The Morgan fingerprint density at radius 1 is 1.38 bits per heavy atom. The van der Waals surface area contributed by atoms with Crippen molar-refractivity contribution in [2.24, 2.45) is 5.18 Å². The topological polar surface area (TPSA) is 46.5 Å². The van der Waals surface area contributed by atoms with Gasteiger partial charge in [-0.05, 0) is 28.8 Å². The number of rotatable bonds is 3. The molecule has 0 unspecified atom stereocenters. The van der Waals surface area contributed by atoms with Crippen molar-refractivity contribution in [2.45, 2.75) is 19.8 Å². The molecule has 0 aromatic heterocycles. The SMILES string of the molecule is CC(C)c1ccc(N=O)c(C=O)c1. The van der Waals surface area contributed by atoms with Crippen LogP contribution in [0.2, 0.25) is 0 Å². The van der Waals surface area contributed by atoms with Gasteiger partial charge in [0.2, 0.25) is 0 Å². The highest BCUT2D eigenvalue weighted by molar-refractivity contribution is 5.83. The Labute approximate surface area is 76.7 Å². The van der Waals surface area contributed by atoms with Crippen LogP contribution in [-0.2, 0) is 0 Å². The van der Waals surface area contributed by atoms with Gasteiger partial charge < -0.3 is 0 Å². The summed E-state index contributed by atoms with van der Waals surface area (Å²) in [4.78, 5) is 20.8. The minimum absolute atomic E-state index is 0.208. The van der Waals surface area contributed by atoms with E-state index in [1.807, 2.05) is 19.9 Å². The summed E-state index contributed by atoms with van der Waals surface area (Å²) >= 11 is 0. The van der Waals surface area contributed by atoms with Crippen LogP contribution in [0.4, 0.5) is 5.69 Å². The van der Waals surface area contributed by atoms with E-state index in [9.17, 15) is 9.70 Å². The maximum Gasteiger partial charge on any atom is 0.152 e. The molecule has 0 aliphatic carbocycles. The van der Waals surface area contributed by atoms with E-state index in [-0.39, 0.29) is 5.69 Å². The van der Waals surface area contributed by atoms with Crippen molar-refractivity contribution in [3.63, 3.8) is 0 Å². The van der Waals surface area contributed by atoms with Gasteiger partial charge in [-0.15, -0.1) is 4.91 Å². The third-order valence-corrected chi connectivity index (χ3v) is 1.94. The molecule has 0 amide bonds. The van der Waals surface area contributed by atoms with Crippen molar-refractivity contribution in [3.05, 3.63) is 34.2 Å². The van der Waals surface area contributed by atoms with Gasteiger partial charge >= 0.3 is 0 Å². The zero-order valence-electron chi connectivity index (χ0n) is 7.65. The molecule has 0 bridgehead atoms. The van der Waals surface area contributed by atoms with Gasteiger partial charge in [-0.2, -0.15) is 0 Å². The first-order chi connectivity index (χ1) is 6.19. The van der Waals surface area contributed by atoms with Crippen molar-refractivity contribution in [1.82, 2.24) is 0 Å². The van der Waals surface area contributed by atoms with Crippen LogP contribution in [0.25, 0.3) is 0 Å². The molecular weight excluding hydrogens is 166 g/mol. The highest BCUT2D eigenvalue weighted by Crippen LogP contribution is 2.22. The first kappa shape index (κ1) is 9.58. The van der Waals surface area contributed by atoms with Crippen LogP contribution in [-0.4, -0.2) is 6.29 Å². The molecule has 0 atom stereocenters. The van der Waals surface area contributed by atoms with Crippen LogP contribution in [0.15, 0.2) is 23.4 Å². The fourth-order valence-corrected chi connectivity index (χ4v) is 1.11. The summed E-state index contributed by atoms with van der Waals surface area (Å²) in [5.41, 5.74) is 1.61. The summed E-state index contributed by atoms with van der Waals surface area (Å²) in [6, 6.07) is 5.09. The summed E-state index contributed by atoms with van der Waals surface area (Å²) in [5, 5.41) is 2.76. The lowest BCUT2D eigenvalue weighted by Gasteiger charge is -2.05. The maximum atomic E-state index is 10.6. The summed E-state index contributed by atoms with van der Waals surface area (Å²) < 4.78 is 0. The zero-order valence-corrected chi connectivity index (χ0v) is 7.65. The molecule has 13 heavy (non-hydrogen) atoms. The molecule has 1 rings (SSSR count). The molecule has 68 valence electrons. The van der Waals surface area contributed by atoms with E-state index in [1.165, 1.54) is 0 Å². The van der Waals surface area contributed by atoms with Gasteiger partial charge in [0.1, 0.15) is 5.69 Å². The van der Waals surface area contributed by atoms with Crippen LogP contribution in [0.5, 0.6) is 0 Å². The number of benzene rings is 1. The lowest BCUT2D eigenvalue weighted by Crippen LogP contribution is -1.89. The Morgan fingerprint density at radius 3 is 2.54 bits per heavy atom. The first-order valence-electron chi connectivity index (χ1n) is 4.11. The number of carbonyl (C=O) groups excluding carboxylic acids is 1. The lowest BCUT2D eigenvalue weighted by atomic mass is 10.0. The molecule has 1 aromatic rings. The quantitative estimate of drug-likeness (QED) is 0.526. The van der Waals surface area contributed by atoms with Crippen LogP contribution >= 0.6 is 0 Å². The van der Waals surface area contributed by atoms with E-state index in [4.69, 9.17) is 0 Å². The monoisotopic (exact) mass is 177 g/mol. The Bertz CT molecular complexity index is 332. The van der Waals surface area contributed by atoms with Crippen molar-refractivity contribution >= 4 is 12.0 Å². The number of nitroso groups, excluding NO2 is 1. The molecule has 0 N–H and O–H groups in total. The summed E-state index contributed by atoms with van der Waals surface area (Å²) in [6.45, 7) is 4.05. The Hall–Kier alpha value is -1.51. The number of hydrogen-bond acceptors (Lipinski definition) is 3. The molecule has 0 saturated heterocycles. The second-order valence-corrected chi connectivity index (χ2v) is 3.18. The van der Waals surface area contributed by atoms with Gasteiger partial charge in [0.15, 0.2) is 6.29 Å². The van der Waals surface area contributed by atoms with Crippen molar-refractivity contribution in [1.29, 1.82) is 0 Å². The van der Waals surface area contributed by atoms with Gasteiger partial charge in [-0.1, -0.05) is 19.9 Å². The van der Waals surface area contributed by atoms with Crippen LogP contribution in [0.1, 0.15) is 35.7 Å². The average molecular weight is 177 g/mol. The third kappa shape index (κ3) is 1.99. The van der Waals surface area contributed by atoms with Gasteiger partial charge in [0.25, 0.3) is 0 Å². The van der Waals surface area contributed by atoms with Crippen LogP contribution in [0.3, 0.4) is 0 Å². The smallest absolute Gasteiger partial charge is 0.152 e. The summed E-state index contributed by atoms with van der Waals surface area (Å²) in [7, 11) is 0. The second-order valence-electron chi connectivity index (χ2n) is 3.18. The largest absolute Gasteiger partial charge is 0.298 e. The molecule has 0 fully saturated rings. The lowest BCUT2D eigenvalue weighted by molar-refractivity contribution is 0.112. The second kappa shape index (κ2) is 3.94. The molecule has 0 aliphatic heterocycles. The predicted octanol–water partition coefficient (Wildman–Crippen LogP) is 3.02. The zero-order chi connectivity index (χ0) is 9.84. The number of nitrogens with zero attached hydrogens (tertiary/aromatic N) is 1. The van der Waals surface area contributed by atoms with E-state index < -0.39 is 0 Å². The normalized spacial score (nSPS) is 10.1. The fraction of sp³-hybridized carbons (Fsp3) is 0.300. The standard InChI is InChI=1S/C10H11NO2/c1-7(2)8-3-4-10(11-13)9(5-8)6-12/h3-7H,1-2H3. The van der Waals surface area contributed by atoms with Gasteiger partial charge in [-0.25, -0.2) is 0 Å². The summed E-state index contributed by atoms with van der Waals surface area (Å²) in [6.07, 6.45) is 0.655. The van der Waals surface area contributed by atoms with Gasteiger partial charge in [0.05, 0.1) is 0 Å². The van der Waals surface area contributed by atoms with Crippen LogP contribution in [0, 0.1) is 4.91 Å². The van der Waals surface area contributed by atoms with E-state index >= 15 is 0 Å². The fourth-order valence-electron chi connectivity index (χ4n) is 1.11. The minimum Gasteiger partial charge on any atom is -0.298 e. The molecule has 0 aliphatic rings. The van der Waals surface area contributed by atoms with Crippen molar-refractivity contribution in [2.75, 3.05) is 0 Å². The Kier molecular flexibility index (Phi) is 2.90. The third-order valence-electron chi connectivity index (χ3n) is 1.94. The summed E-state index contributed by atoms with van der Waals surface area (Å²) in [5.74, 6) is 0.347. The maximum absolute atomic E-state index is 10.6. The molecular formula is C10H11NO2. The van der Waals surface area contributed by atoms with Crippen LogP contribution < -0.4 is 0 Å². The van der Waals surface area contributed by atoms with E-state index in [1.54, 1.807) is 12.1 Å². The molecule has 1 aromatic carbocycles. The van der Waals surface area contributed by atoms with Crippen molar-refractivity contribution in [3.8, 4) is 0 Å². The number of aldehydes is 1. The molecule has 0 heterocycles. The van der Waals surface area contributed by atoms with Gasteiger partial charge in [-0.3, -0.25) is 4.79 Å². The Balaban J connectivity index is 3.20. The first-order valence-corrected chi connectivity index (χ1v) is 4.11. The minimum atomic E-state index is 0.208. The van der Waals surface area contributed by atoms with E-state index in [0.29, 0.717) is 17.8 Å². The number of hydrogen-bond donors (Lipinski definition) is 0. The highest BCUT2D eigenvalue weighted by Gasteiger charge is 2.05. The van der Waals surface area contributed by atoms with E-state index in [2.05, 4.69) is 5.18 Å². The van der Waals surface area contributed by atoms with Crippen molar-refractivity contribution < 1.29 is 4.79 Å². The molecule has 0 radical (unpaired) electrons. The molecule has 0 saturated carbocycles. The number of carbonyl (C=O) groups is 1. The predicted molar refractivity (Wildman–Crippen MR) is 51.4 cm³/mol. The molecule has 3 heteroatoms. The average Bonchev–Trinajstić information content (AvgIpc) is 2.16.